The Morgan fingerprint density at radius 1 is 1.24 bits per heavy atom. The van der Waals surface area contributed by atoms with Gasteiger partial charge in [0, 0.05) is 5.75 Å². The molecule has 0 radical (unpaired) electrons. The van der Waals surface area contributed by atoms with Crippen molar-refractivity contribution >= 4 is 13.6 Å². The van der Waals surface area contributed by atoms with Gasteiger partial charge in [0.1, 0.15) is 0 Å². The molecule has 0 spiro atoms. The summed E-state index contributed by atoms with van der Waals surface area (Å²) in [5.74, 6) is 1.01. The van der Waals surface area contributed by atoms with Crippen LogP contribution in [0, 0.1) is 13.0 Å². The Kier molecular flexibility index (Phi) is 8.13. The van der Waals surface area contributed by atoms with Crippen molar-refractivity contribution in [1.29, 1.82) is 0 Å². The predicted octanol–water partition coefficient (Wildman–Crippen LogP) is 4.74. The number of ether oxygens (including phenoxy) is 1. The summed E-state index contributed by atoms with van der Waals surface area (Å²) >= 11 is 4.25. The second kappa shape index (κ2) is 9.11. The average molecular weight is 349 g/mol. The van der Waals surface area contributed by atoms with Gasteiger partial charge in [-0.05, 0) is 25.7 Å². The molecule has 1 saturated carbocycles. The summed E-state index contributed by atoms with van der Waals surface area (Å²) in [5, 5.41) is 0. The van der Waals surface area contributed by atoms with Gasteiger partial charge in [-0.2, -0.15) is 17.7 Å². The van der Waals surface area contributed by atoms with Crippen molar-refractivity contribution < 1.29 is 21.1 Å². The van der Waals surface area contributed by atoms with Crippen molar-refractivity contribution in [1.82, 2.24) is 0 Å². The molecule has 1 aliphatic carbocycles. The molecule has 3 heteroatoms. The predicted molar refractivity (Wildman–Crippen MR) is 71.1 cm³/mol. The molecule has 1 nitrogen and oxygen atoms in total. The molecule has 0 heterocycles. The molecule has 0 N–H and O–H groups in total. The number of aryl methyl sites for hydroxylation is 1. The van der Waals surface area contributed by atoms with Crippen molar-refractivity contribution in [2.75, 3.05) is 0 Å². The van der Waals surface area contributed by atoms with Gasteiger partial charge in [-0.15, -0.1) is 12.1 Å². The van der Waals surface area contributed by atoms with E-state index in [1.54, 1.807) is 0 Å². The summed E-state index contributed by atoms with van der Waals surface area (Å²) in [4.78, 5) is 0. The molecule has 0 amide bonds. The van der Waals surface area contributed by atoms with Gasteiger partial charge in [0.2, 0.25) is 0 Å². The van der Waals surface area contributed by atoms with E-state index in [9.17, 15) is 0 Å². The van der Waals surface area contributed by atoms with E-state index in [1.807, 2.05) is 12.1 Å². The van der Waals surface area contributed by atoms with Crippen LogP contribution in [0.15, 0.2) is 18.2 Å². The average Bonchev–Trinajstić information content (AvgIpc) is 2.60. The van der Waals surface area contributed by atoms with Gasteiger partial charge in [-0.25, -0.2) is 0 Å². The van der Waals surface area contributed by atoms with E-state index < -0.39 is 0 Å². The van der Waals surface area contributed by atoms with Crippen LogP contribution in [0.25, 0.3) is 0 Å². The molecule has 0 unspecified atom stereocenters. The summed E-state index contributed by atoms with van der Waals surface area (Å²) < 4.78 is 6.00. The van der Waals surface area contributed by atoms with E-state index in [0.29, 0.717) is 6.10 Å². The van der Waals surface area contributed by atoms with Crippen LogP contribution >= 0.6 is 13.6 Å². The minimum absolute atomic E-state index is 0.439. The SMILES string of the molecule is Cc1[c-]ccc(OC2CCCCCC2)c1.[Zn+][Br]. The van der Waals surface area contributed by atoms with Gasteiger partial charge < -0.3 is 4.74 Å². The number of halogens is 1. The van der Waals surface area contributed by atoms with E-state index in [-0.39, 0.29) is 0 Å². The van der Waals surface area contributed by atoms with E-state index >= 15 is 0 Å². The fourth-order valence-electron chi connectivity index (χ4n) is 2.18. The topological polar surface area (TPSA) is 9.23 Å². The first-order valence-electron chi connectivity index (χ1n) is 6.26. The third-order valence-corrected chi connectivity index (χ3v) is 3.02. The zero-order valence-corrected chi connectivity index (χ0v) is 15.1. The van der Waals surface area contributed by atoms with Crippen LogP contribution < -0.4 is 4.74 Å². The Labute approximate surface area is 121 Å². The Bertz CT molecular complexity index is 309. The summed E-state index contributed by atoms with van der Waals surface area (Å²) in [6.45, 7) is 2.06. The maximum absolute atomic E-state index is 6.00. The van der Waals surface area contributed by atoms with Gasteiger partial charge in [-0.1, -0.05) is 19.8 Å². The maximum atomic E-state index is 6.00. The van der Waals surface area contributed by atoms with Crippen molar-refractivity contribution in [3.05, 3.63) is 29.8 Å². The minimum atomic E-state index is 0.439. The Morgan fingerprint density at radius 3 is 2.47 bits per heavy atom. The van der Waals surface area contributed by atoms with Crippen LogP contribution in [-0.4, -0.2) is 6.10 Å². The van der Waals surface area contributed by atoms with Gasteiger partial charge in [0.15, 0.2) is 0 Å². The zero-order valence-electron chi connectivity index (χ0n) is 10.5. The van der Waals surface area contributed by atoms with Crippen molar-refractivity contribution in [3.8, 4) is 5.75 Å². The third kappa shape index (κ3) is 6.01. The van der Waals surface area contributed by atoms with Crippen molar-refractivity contribution in [2.45, 2.75) is 51.6 Å². The third-order valence-electron chi connectivity index (χ3n) is 3.02. The molecule has 0 bridgehead atoms. The summed E-state index contributed by atoms with van der Waals surface area (Å²) in [6, 6.07) is 9.17. The van der Waals surface area contributed by atoms with E-state index in [1.165, 1.54) is 54.9 Å². The molecule has 17 heavy (non-hydrogen) atoms. The normalized spacial score (nSPS) is 16.7. The van der Waals surface area contributed by atoms with Gasteiger partial charge in [0.05, 0.1) is 6.10 Å². The first kappa shape index (κ1) is 15.2. The van der Waals surface area contributed by atoms with Crippen LogP contribution in [0.2, 0.25) is 0 Å². The standard InChI is InChI=1S/C14H19O.BrH.Zn/c1-12-7-6-10-14(11-12)15-13-8-4-2-3-5-9-13;;/h6,10-11,13H,2-5,8-9H2,1H3;1H;/q-1;;+2/p-1. The molecule has 0 atom stereocenters. The van der Waals surface area contributed by atoms with E-state index in [4.69, 9.17) is 4.74 Å². The van der Waals surface area contributed by atoms with Crippen LogP contribution in [0.5, 0.6) is 5.75 Å². The van der Waals surface area contributed by atoms with Crippen molar-refractivity contribution in [3.63, 3.8) is 0 Å². The first-order valence-corrected chi connectivity index (χ1v) is 13.2. The molecule has 1 aliphatic rings. The summed E-state index contributed by atoms with van der Waals surface area (Å²) in [6.07, 6.45) is 8.28. The van der Waals surface area contributed by atoms with E-state index in [0.717, 1.165) is 11.3 Å². The Balaban J connectivity index is 0.000000686. The summed E-state index contributed by atoms with van der Waals surface area (Å²) in [7, 11) is 0. The summed E-state index contributed by atoms with van der Waals surface area (Å²) in [5.41, 5.74) is 1.15. The molecule has 1 fully saturated rings. The fraction of sp³-hybridized carbons (Fsp3) is 0.571. The van der Waals surface area contributed by atoms with Gasteiger partial charge in [0.25, 0.3) is 0 Å². The van der Waals surface area contributed by atoms with Crippen LogP contribution in [0.1, 0.15) is 44.1 Å². The number of hydrogen-bond acceptors (Lipinski definition) is 1. The van der Waals surface area contributed by atoms with Gasteiger partial charge in [-0.3, -0.25) is 0 Å². The molecule has 0 aromatic heterocycles. The number of hydrogen-bond donors (Lipinski definition) is 0. The quantitative estimate of drug-likeness (QED) is 0.426. The first-order chi connectivity index (χ1) is 8.34. The number of rotatable bonds is 2. The molecule has 0 saturated heterocycles. The molecule has 1 aromatic carbocycles. The molecular weight excluding hydrogens is 329 g/mol. The second-order valence-corrected chi connectivity index (χ2v) is 4.44. The van der Waals surface area contributed by atoms with Crippen LogP contribution in [-0.2, 0) is 16.3 Å². The molecular formula is C14H19BrOZn. The van der Waals surface area contributed by atoms with E-state index in [2.05, 4.69) is 32.7 Å². The molecule has 0 aliphatic heterocycles. The van der Waals surface area contributed by atoms with Crippen LogP contribution in [0.4, 0.5) is 0 Å². The second-order valence-electron chi connectivity index (χ2n) is 4.44. The molecule has 90 valence electrons. The number of benzene rings is 1. The van der Waals surface area contributed by atoms with Gasteiger partial charge >= 0.3 is 30.0 Å². The Hall–Kier alpha value is 0.123. The Morgan fingerprint density at radius 2 is 1.88 bits per heavy atom. The monoisotopic (exact) mass is 346 g/mol. The molecule has 1 aromatic rings. The fourth-order valence-corrected chi connectivity index (χ4v) is 2.18. The zero-order chi connectivity index (χ0) is 12.5. The molecule has 2 rings (SSSR count). The van der Waals surface area contributed by atoms with Crippen LogP contribution in [0.3, 0.4) is 0 Å². The van der Waals surface area contributed by atoms with Crippen molar-refractivity contribution in [2.24, 2.45) is 0 Å².